The van der Waals surface area contributed by atoms with Crippen molar-refractivity contribution in [2.24, 2.45) is 12.8 Å². The van der Waals surface area contributed by atoms with E-state index in [1.54, 1.807) is 17.1 Å². The first-order chi connectivity index (χ1) is 8.20. The summed E-state index contributed by atoms with van der Waals surface area (Å²) in [6, 6.07) is 1.87. The van der Waals surface area contributed by atoms with Crippen molar-refractivity contribution in [3.8, 4) is 11.3 Å². The Hall–Kier alpha value is -1.95. The second-order valence-electron chi connectivity index (χ2n) is 3.85. The number of nitrogens with two attached hydrogens (primary N) is 1. The van der Waals surface area contributed by atoms with Gasteiger partial charge in [-0.25, -0.2) is 9.97 Å². The van der Waals surface area contributed by atoms with Crippen molar-refractivity contribution in [3.63, 3.8) is 0 Å². The molecule has 0 saturated carbocycles. The van der Waals surface area contributed by atoms with Gasteiger partial charge in [-0.05, 0) is 6.07 Å². The van der Waals surface area contributed by atoms with Crippen molar-refractivity contribution in [1.29, 1.82) is 0 Å². The van der Waals surface area contributed by atoms with Crippen molar-refractivity contribution in [2.45, 2.75) is 0 Å². The van der Waals surface area contributed by atoms with Crippen molar-refractivity contribution in [3.05, 3.63) is 24.7 Å². The SMILES string of the molecule is CN(CCN)c1nccc(-c2cnn(C)c2)n1. The zero-order chi connectivity index (χ0) is 12.3. The Morgan fingerprint density at radius 3 is 2.94 bits per heavy atom. The fraction of sp³-hybridized carbons (Fsp3) is 0.364. The van der Waals surface area contributed by atoms with Gasteiger partial charge >= 0.3 is 0 Å². The van der Waals surface area contributed by atoms with Gasteiger partial charge in [0.1, 0.15) is 0 Å². The lowest BCUT2D eigenvalue weighted by molar-refractivity contribution is 0.768. The molecule has 0 fully saturated rings. The second-order valence-corrected chi connectivity index (χ2v) is 3.85. The number of likely N-dealkylation sites (N-methyl/N-ethyl adjacent to an activating group) is 1. The smallest absolute Gasteiger partial charge is 0.225 e. The van der Waals surface area contributed by atoms with E-state index in [4.69, 9.17) is 5.73 Å². The highest BCUT2D eigenvalue weighted by molar-refractivity contribution is 5.58. The molecule has 17 heavy (non-hydrogen) atoms. The largest absolute Gasteiger partial charge is 0.343 e. The summed E-state index contributed by atoms with van der Waals surface area (Å²) in [5.41, 5.74) is 7.36. The van der Waals surface area contributed by atoms with E-state index in [9.17, 15) is 0 Å². The molecule has 0 aliphatic rings. The van der Waals surface area contributed by atoms with Gasteiger partial charge in [-0.15, -0.1) is 0 Å². The Morgan fingerprint density at radius 2 is 2.29 bits per heavy atom. The average Bonchev–Trinajstić information content (AvgIpc) is 2.76. The molecule has 90 valence electrons. The Morgan fingerprint density at radius 1 is 1.47 bits per heavy atom. The van der Waals surface area contributed by atoms with E-state index in [1.807, 2.05) is 31.3 Å². The van der Waals surface area contributed by atoms with E-state index >= 15 is 0 Å². The summed E-state index contributed by atoms with van der Waals surface area (Å²) < 4.78 is 1.75. The third kappa shape index (κ3) is 2.59. The predicted molar refractivity (Wildman–Crippen MR) is 66.6 cm³/mol. The van der Waals surface area contributed by atoms with Gasteiger partial charge in [-0.3, -0.25) is 4.68 Å². The van der Waals surface area contributed by atoms with Crippen LogP contribution >= 0.6 is 0 Å². The molecule has 6 nitrogen and oxygen atoms in total. The lowest BCUT2D eigenvalue weighted by Gasteiger charge is -2.15. The fourth-order valence-electron chi connectivity index (χ4n) is 1.54. The molecule has 0 aromatic carbocycles. The molecule has 0 atom stereocenters. The van der Waals surface area contributed by atoms with E-state index in [0.29, 0.717) is 12.5 Å². The molecule has 2 rings (SSSR count). The fourth-order valence-corrected chi connectivity index (χ4v) is 1.54. The highest BCUT2D eigenvalue weighted by Crippen LogP contribution is 2.17. The second kappa shape index (κ2) is 4.92. The Kier molecular flexibility index (Phi) is 3.34. The molecule has 0 bridgehead atoms. The molecule has 0 unspecified atom stereocenters. The highest BCUT2D eigenvalue weighted by Gasteiger charge is 2.07. The molecule has 0 radical (unpaired) electrons. The van der Waals surface area contributed by atoms with E-state index in [-0.39, 0.29) is 0 Å². The van der Waals surface area contributed by atoms with E-state index in [1.165, 1.54) is 0 Å². The number of aryl methyl sites for hydroxylation is 1. The van der Waals surface area contributed by atoms with Gasteiger partial charge in [-0.2, -0.15) is 5.10 Å². The van der Waals surface area contributed by atoms with Gasteiger partial charge < -0.3 is 10.6 Å². The number of anilines is 1. The molecule has 0 aliphatic heterocycles. The number of aromatic nitrogens is 4. The third-order valence-corrected chi connectivity index (χ3v) is 2.45. The first-order valence-corrected chi connectivity index (χ1v) is 5.44. The van der Waals surface area contributed by atoms with Crippen molar-refractivity contribution in [2.75, 3.05) is 25.0 Å². The maximum atomic E-state index is 5.51. The Bertz CT molecular complexity index is 492. The standard InChI is InChI=1S/C11H16N6/c1-16(6-4-12)11-13-5-3-10(15-11)9-7-14-17(2)8-9/h3,5,7-8H,4,6,12H2,1-2H3. The first-order valence-electron chi connectivity index (χ1n) is 5.44. The zero-order valence-electron chi connectivity index (χ0n) is 10.0. The maximum absolute atomic E-state index is 5.51. The molecule has 6 heteroatoms. The van der Waals surface area contributed by atoms with Crippen LogP contribution in [0.3, 0.4) is 0 Å². The summed E-state index contributed by atoms with van der Waals surface area (Å²) in [5.74, 6) is 0.678. The normalized spacial score (nSPS) is 10.5. The summed E-state index contributed by atoms with van der Waals surface area (Å²) in [7, 11) is 3.81. The molecule has 2 aromatic rings. The summed E-state index contributed by atoms with van der Waals surface area (Å²) in [5, 5.41) is 4.13. The minimum atomic E-state index is 0.580. The van der Waals surface area contributed by atoms with Crippen molar-refractivity contribution < 1.29 is 0 Å². The summed E-state index contributed by atoms with van der Waals surface area (Å²) in [4.78, 5) is 10.6. The van der Waals surface area contributed by atoms with Crippen LogP contribution in [0.1, 0.15) is 0 Å². The summed E-state index contributed by atoms with van der Waals surface area (Å²) in [6.07, 6.45) is 5.46. The molecule has 0 aliphatic carbocycles. The average molecular weight is 232 g/mol. The van der Waals surface area contributed by atoms with Crippen molar-refractivity contribution >= 4 is 5.95 Å². The minimum Gasteiger partial charge on any atom is -0.343 e. The lowest BCUT2D eigenvalue weighted by atomic mass is 10.2. The molecule has 0 amide bonds. The molecular formula is C11H16N6. The van der Waals surface area contributed by atoms with Gasteiger partial charge in [0.15, 0.2) is 0 Å². The van der Waals surface area contributed by atoms with E-state index in [2.05, 4.69) is 15.1 Å². The summed E-state index contributed by atoms with van der Waals surface area (Å²) in [6.45, 7) is 1.31. The molecule has 0 saturated heterocycles. The molecule has 2 N–H and O–H groups in total. The Labute approximate surface area is 100 Å². The molecule has 2 heterocycles. The maximum Gasteiger partial charge on any atom is 0.225 e. The zero-order valence-corrected chi connectivity index (χ0v) is 10.0. The van der Waals surface area contributed by atoms with Gasteiger partial charge in [0.05, 0.1) is 11.9 Å². The number of nitrogens with zero attached hydrogens (tertiary/aromatic N) is 5. The van der Waals surface area contributed by atoms with Gasteiger partial charge in [0.2, 0.25) is 5.95 Å². The van der Waals surface area contributed by atoms with Crippen LogP contribution in [0.4, 0.5) is 5.95 Å². The monoisotopic (exact) mass is 232 g/mol. The van der Waals surface area contributed by atoms with Gasteiger partial charge in [0, 0.05) is 45.1 Å². The van der Waals surface area contributed by atoms with Gasteiger partial charge in [0.25, 0.3) is 0 Å². The lowest BCUT2D eigenvalue weighted by Crippen LogP contribution is -2.26. The molecule has 2 aromatic heterocycles. The van der Waals surface area contributed by atoms with Crippen LogP contribution in [0.25, 0.3) is 11.3 Å². The topological polar surface area (TPSA) is 72.9 Å². The van der Waals surface area contributed by atoms with E-state index in [0.717, 1.165) is 17.8 Å². The van der Waals surface area contributed by atoms with Crippen LogP contribution in [0.15, 0.2) is 24.7 Å². The van der Waals surface area contributed by atoms with Crippen LogP contribution in [0, 0.1) is 0 Å². The van der Waals surface area contributed by atoms with Crippen molar-refractivity contribution in [1.82, 2.24) is 19.7 Å². The number of hydrogen-bond donors (Lipinski definition) is 1. The minimum absolute atomic E-state index is 0.580. The molecule has 0 spiro atoms. The van der Waals surface area contributed by atoms with Crippen LogP contribution in [0.5, 0.6) is 0 Å². The third-order valence-electron chi connectivity index (χ3n) is 2.45. The summed E-state index contributed by atoms with van der Waals surface area (Å²) >= 11 is 0. The van der Waals surface area contributed by atoms with E-state index < -0.39 is 0 Å². The van der Waals surface area contributed by atoms with Crippen LogP contribution in [-0.2, 0) is 7.05 Å². The van der Waals surface area contributed by atoms with Crippen LogP contribution in [-0.4, -0.2) is 39.9 Å². The van der Waals surface area contributed by atoms with Crippen LogP contribution in [0.2, 0.25) is 0 Å². The highest BCUT2D eigenvalue weighted by atomic mass is 15.2. The molecular weight excluding hydrogens is 216 g/mol. The van der Waals surface area contributed by atoms with Crippen LogP contribution < -0.4 is 10.6 Å². The Balaban J connectivity index is 2.28. The quantitative estimate of drug-likeness (QED) is 0.819. The number of hydrogen-bond acceptors (Lipinski definition) is 5. The predicted octanol–water partition coefficient (Wildman–Crippen LogP) is 0.272. The first kappa shape index (κ1) is 11.5. The van der Waals surface area contributed by atoms with Gasteiger partial charge in [-0.1, -0.05) is 0 Å². The number of rotatable bonds is 4.